The van der Waals surface area contributed by atoms with E-state index < -0.39 is 11.6 Å². The molecule has 0 aromatic rings. The second-order valence-corrected chi connectivity index (χ2v) is 6.09. The number of esters is 1. The molecule has 0 fully saturated rings. The summed E-state index contributed by atoms with van der Waals surface area (Å²) in [7, 11) is 0. The van der Waals surface area contributed by atoms with Gasteiger partial charge in [0.1, 0.15) is 11.4 Å². The smallest absolute Gasteiger partial charge is 0.308 e. The summed E-state index contributed by atoms with van der Waals surface area (Å²) in [4.78, 5) is 23.1. The predicted octanol–water partition coefficient (Wildman–Crippen LogP) is 2.31. The maximum Gasteiger partial charge on any atom is 0.308 e. The molecule has 0 bridgehead atoms. The number of nitrogens with one attached hydrogen (secondary N) is 1. The zero-order valence-electron chi connectivity index (χ0n) is 12.5. The molecule has 0 radical (unpaired) electrons. The van der Waals surface area contributed by atoms with Gasteiger partial charge in [0.2, 0.25) is 0 Å². The van der Waals surface area contributed by atoms with E-state index in [-0.39, 0.29) is 18.2 Å². The number of hydrogen-bond acceptors (Lipinski definition) is 4. The van der Waals surface area contributed by atoms with Crippen molar-refractivity contribution in [3.63, 3.8) is 0 Å². The van der Waals surface area contributed by atoms with E-state index in [1.807, 2.05) is 20.8 Å². The molecule has 4 heteroatoms. The van der Waals surface area contributed by atoms with Crippen LogP contribution in [0.15, 0.2) is 0 Å². The fraction of sp³-hybridized carbons (Fsp3) is 0.857. The monoisotopic (exact) mass is 257 g/mol. The number of carbonyl (C=O) groups excluding carboxylic acids is 2. The van der Waals surface area contributed by atoms with Gasteiger partial charge < -0.3 is 10.1 Å². The van der Waals surface area contributed by atoms with Gasteiger partial charge in [-0.3, -0.25) is 9.59 Å². The molecule has 0 aromatic heterocycles. The maximum atomic E-state index is 11.7. The Bertz CT molecular complexity index is 279. The molecule has 0 aliphatic rings. The van der Waals surface area contributed by atoms with Crippen LogP contribution >= 0.6 is 0 Å². The number of carbonyl (C=O) groups is 2. The molecule has 1 atom stereocenters. The van der Waals surface area contributed by atoms with Gasteiger partial charge in [-0.05, 0) is 46.6 Å². The minimum atomic E-state index is -0.504. The maximum absolute atomic E-state index is 11.7. The van der Waals surface area contributed by atoms with Crippen LogP contribution < -0.4 is 5.32 Å². The third-order valence-electron chi connectivity index (χ3n) is 2.39. The van der Waals surface area contributed by atoms with Crippen LogP contribution in [-0.2, 0) is 14.3 Å². The second-order valence-electron chi connectivity index (χ2n) is 6.09. The van der Waals surface area contributed by atoms with Gasteiger partial charge in [0.05, 0.1) is 12.5 Å². The average molecular weight is 257 g/mol. The summed E-state index contributed by atoms with van der Waals surface area (Å²) < 4.78 is 5.21. The van der Waals surface area contributed by atoms with E-state index in [1.165, 1.54) is 6.92 Å². The van der Waals surface area contributed by atoms with Crippen LogP contribution in [0.5, 0.6) is 0 Å². The van der Waals surface area contributed by atoms with Crippen LogP contribution in [0.25, 0.3) is 0 Å². The molecule has 0 spiro atoms. The highest BCUT2D eigenvalue weighted by atomic mass is 16.6. The molecule has 1 N–H and O–H groups in total. The Morgan fingerprint density at radius 2 is 1.78 bits per heavy atom. The van der Waals surface area contributed by atoms with Crippen molar-refractivity contribution < 1.29 is 14.3 Å². The molecule has 0 aliphatic carbocycles. The number of rotatable bonds is 7. The van der Waals surface area contributed by atoms with E-state index in [9.17, 15) is 9.59 Å². The largest absolute Gasteiger partial charge is 0.460 e. The van der Waals surface area contributed by atoms with Crippen molar-refractivity contribution >= 4 is 11.8 Å². The lowest BCUT2D eigenvalue weighted by Gasteiger charge is -2.22. The molecule has 0 rings (SSSR count). The Morgan fingerprint density at radius 3 is 2.17 bits per heavy atom. The van der Waals surface area contributed by atoms with Crippen LogP contribution in [0.1, 0.15) is 54.4 Å². The number of ether oxygens (including phenoxy) is 1. The van der Waals surface area contributed by atoms with Gasteiger partial charge in [-0.2, -0.15) is 0 Å². The topological polar surface area (TPSA) is 55.4 Å². The van der Waals surface area contributed by atoms with Crippen LogP contribution in [0.2, 0.25) is 0 Å². The van der Waals surface area contributed by atoms with E-state index in [0.717, 1.165) is 13.0 Å². The van der Waals surface area contributed by atoms with Gasteiger partial charge in [-0.25, -0.2) is 0 Å². The lowest BCUT2D eigenvalue weighted by Crippen LogP contribution is -2.39. The number of hydrogen-bond donors (Lipinski definition) is 1. The van der Waals surface area contributed by atoms with Crippen LogP contribution in [0.4, 0.5) is 0 Å². The second kappa shape index (κ2) is 7.52. The lowest BCUT2D eigenvalue weighted by molar-refractivity contribution is -0.156. The van der Waals surface area contributed by atoms with Crippen molar-refractivity contribution in [1.29, 1.82) is 0 Å². The van der Waals surface area contributed by atoms with Gasteiger partial charge in [0.25, 0.3) is 0 Å². The highest BCUT2D eigenvalue weighted by molar-refractivity contribution is 5.86. The predicted molar refractivity (Wildman–Crippen MR) is 72.4 cm³/mol. The van der Waals surface area contributed by atoms with E-state index in [1.54, 1.807) is 0 Å². The Morgan fingerprint density at radius 1 is 1.22 bits per heavy atom. The highest BCUT2D eigenvalue weighted by Gasteiger charge is 2.22. The van der Waals surface area contributed by atoms with Gasteiger partial charge in [0, 0.05) is 0 Å². The quantitative estimate of drug-likeness (QED) is 0.711. The summed E-state index contributed by atoms with van der Waals surface area (Å²) in [5, 5.41) is 3.12. The first-order valence-electron chi connectivity index (χ1n) is 6.57. The summed E-state index contributed by atoms with van der Waals surface area (Å²) in [6.45, 7) is 11.9. The molecule has 0 saturated carbocycles. The Kier molecular flexibility index (Phi) is 7.14. The van der Waals surface area contributed by atoms with Crippen molar-refractivity contribution in [2.24, 2.45) is 5.92 Å². The molecule has 18 heavy (non-hydrogen) atoms. The summed E-state index contributed by atoms with van der Waals surface area (Å²) in [5.41, 5.74) is -0.504. The summed E-state index contributed by atoms with van der Waals surface area (Å²) in [6.07, 6.45) is 1.09. The molecule has 0 amide bonds. The van der Waals surface area contributed by atoms with Crippen LogP contribution in [0.3, 0.4) is 0 Å². The fourth-order valence-corrected chi connectivity index (χ4v) is 1.46. The minimum absolute atomic E-state index is 0.0235. The van der Waals surface area contributed by atoms with E-state index in [4.69, 9.17) is 4.74 Å². The first-order chi connectivity index (χ1) is 8.11. The third kappa shape index (κ3) is 9.16. The third-order valence-corrected chi connectivity index (χ3v) is 2.39. The van der Waals surface area contributed by atoms with Crippen molar-refractivity contribution in [2.75, 3.05) is 6.54 Å². The molecule has 106 valence electrons. The van der Waals surface area contributed by atoms with Crippen LogP contribution in [-0.4, -0.2) is 29.9 Å². The minimum Gasteiger partial charge on any atom is -0.460 e. The summed E-state index contributed by atoms with van der Waals surface area (Å²) in [6, 6.07) is -0.432. The zero-order chi connectivity index (χ0) is 14.3. The first-order valence-corrected chi connectivity index (χ1v) is 6.57. The van der Waals surface area contributed by atoms with Gasteiger partial charge in [0.15, 0.2) is 0 Å². The average Bonchev–Trinajstić information content (AvgIpc) is 2.12. The van der Waals surface area contributed by atoms with Gasteiger partial charge >= 0.3 is 5.97 Å². The van der Waals surface area contributed by atoms with Gasteiger partial charge in [-0.1, -0.05) is 13.8 Å². The Labute approximate surface area is 110 Å². The Hall–Kier alpha value is -0.900. The first kappa shape index (κ1) is 17.1. The van der Waals surface area contributed by atoms with Gasteiger partial charge in [-0.15, -0.1) is 0 Å². The van der Waals surface area contributed by atoms with Crippen molar-refractivity contribution in [1.82, 2.24) is 5.32 Å². The van der Waals surface area contributed by atoms with Crippen LogP contribution in [0, 0.1) is 5.92 Å². The zero-order valence-corrected chi connectivity index (χ0v) is 12.5. The molecular formula is C14H27NO3. The van der Waals surface area contributed by atoms with E-state index >= 15 is 0 Å². The molecule has 1 unspecified atom stereocenters. The molecular weight excluding hydrogens is 230 g/mol. The van der Waals surface area contributed by atoms with Crippen molar-refractivity contribution in [3.8, 4) is 0 Å². The lowest BCUT2D eigenvalue weighted by atomic mass is 10.1. The van der Waals surface area contributed by atoms with Crippen molar-refractivity contribution in [2.45, 2.75) is 66.0 Å². The standard InChI is InChI=1S/C14H27NO3/c1-10(2)7-8-15-12(11(3)16)9-13(17)18-14(4,5)6/h10,12,15H,7-9H2,1-6H3. The fourth-order valence-electron chi connectivity index (χ4n) is 1.46. The molecule has 4 nitrogen and oxygen atoms in total. The number of ketones is 1. The number of Topliss-reactive ketones (excluding diaryl/α,β-unsaturated/α-hetero) is 1. The summed E-state index contributed by atoms with van der Waals surface area (Å²) in [5.74, 6) is 0.219. The SMILES string of the molecule is CC(=O)C(CC(=O)OC(C)(C)C)NCCC(C)C. The van der Waals surface area contributed by atoms with Crippen molar-refractivity contribution in [3.05, 3.63) is 0 Å². The summed E-state index contributed by atoms with van der Waals surface area (Å²) >= 11 is 0. The van der Waals surface area contributed by atoms with E-state index in [0.29, 0.717) is 5.92 Å². The highest BCUT2D eigenvalue weighted by Crippen LogP contribution is 2.10. The molecule has 0 aromatic carbocycles. The molecule has 0 aliphatic heterocycles. The van der Waals surface area contributed by atoms with E-state index in [2.05, 4.69) is 19.2 Å². The normalized spacial score (nSPS) is 13.5. The molecule has 0 saturated heterocycles. The molecule has 0 heterocycles. The Balaban J connectivity index is 4.19.